The molecular weight excluding hydrogens is 340 g/mol. The van der Waals surface area contributed by atoms with Crippen molar-refractivity contribution in [3.05, 3.63) is 0 Å². The molecule has 0 aromatic heterocycles. The summed E-state index contributed by atoms with van der Waals surface area (Å²) in [6.07, 6.45) is 12.9. The van der Waals surface area contributed by atoms with Crippen LogP contribution < -0.4 is 0 Å². The van der Waals surface area contributed by atoms with Gasteiger partial charge in [0, 0.05) is 5.41 Å². The average molecular weight is 377 g/mol. The van der Waals surface area contributed by atoms with Gasteiger partial charge in [-0.2, -0.15) is 0 Å². The van der Waals surface area contributed by atoms with Crippen molar-refractivity contribution in [3.8, 4) is 0 Å². The number of hydrogen-bond acceptors (Lipinski definition) is 3. The van der Waals surface area contributed by atoms with Gasteiger partial charge >= 0.3 is 11.9 Å². The fourth-order valence-electron chi connectivity index (χ4n) is 7.87. The highest BCUT2D eigenvalue weighted by Gasteiger charge is 2.60. The van der Waals surface area contributed by atoms with E-state index in [0.29, 0.717) is 11.3 Å². The second-order valence-corrected chi connectivity index (χ2v) is 10.4. The zero-order chi connectivity index (χ0) is 19.2. The van der Waals surface area contributed by atoms with Gasteiger partial charge in [-0.1, -0.05) is 26.7 Å². The topological polar surface area (TPSA) is 63.6 Å². The molecule has 0 aliphatic heterocycles. The number of carboxylic acids is 1. The van der Waals surface area contributed by atoms with Crippen molar-refractivity contribution < 1.29 is 19.4 Å². The van der Waals surface area contributed by atoms with E-state index in [0.717, 1.165) is 30.6 Å². The molecule has 4 aliphatic carbocycles. The number of hydrogen-bond donors (Lipinski definition) is 1. The van der Waals surface area contributed by atoms with Gasteiger partial charge in [0.1, 0.15) is 6.10 Å². The third kappa shape index (κ3) is 3.21. The van der Waals surface area contributed by atoms with E-state index in [2.05, 4.69) is 13.8 Å². The molecule has 0 bridgehead atoms. The van der Waals surface area contributed by atoms with Gasteiger partial charge in [0.15, 0.2) is 0 Å². The lowest BCUT2D eigenvalue weighted by Gasteiger charge is -2.60. The Morgan fingerprint density at radius 2 is 1.67 bits per heavy atom. The van der Waals surface area contributed by atoms with Crippen LogP contribution in [-0.2, 0) is 14.3 Å². The minimum Gasteiger partial charge on any atom is -0.481 e. The van der Waals surface area contributed by atoms with Gasteiger partial charge in [-0.3, -0.25) is 9.59 Å². The molecule has 152 valence electrons. The zero-order valence-corrected chi connectivity index (χ0v) is 17.0. The van der Waals surface area contributed by atoms with Crippen LogP contribution in [0.3, 0.4) is 0 Å². The van der Waals surface area contributed by atoms with Gasteiger partial charge in [-0.25, -0.2) is 0 Å². The molecule has 0 radical (unpaired) electrons. The lowest BCUT2D eigenvalue weighted by atomic mass is 9.45. The first-order valence-electron chi connectivity index (χ1n) is 11.3. The van der Waals surface area contributed by atoms with Crippen LogP contribution in [0.1, 0.15) is 90.9 Å². The summed E-state index contributed by atoms with van der Waals surface area (Å²) in [5, 5.41) is 8.80. The van der Waals surface area contributed by atoms with Crippen LogP contribution in [0.15, 0.2) is 0 Å². The third-order valence-corrected chi connectivity index (χ3v) is 9.31. The largest absolute Gasteiger partial charge is 0.481 e. The minimum absolute atomic E-state index is 0.00160. The van der Waals surface area contributed by atoms with Crippen LogP contribution in [0.2, 0.25) is 0 Å². The summed E-state index contributed by atoms with van der Waals surface area (Å²) >= 11 is 0. The maximum absolute atomic E-state index is 12.2. The highest BCUT2D eigenvalue weighted by atomic mass is 16.5. The van der Waals surface area contributed by atoms with Crippen LogP contribution in [0.4, 0.5) is 0 Å². The predicted molar refractivity (Wildman–Crippen MR) is 103 cm³/mol. The van der Waals surface area contributed by atoms with Gasteiger partial charge in [-0.05, 0) is 80.5 Å². The van der Waals surface area contributed by atoms with E-state index in [4.69, 9.17) is 9.84 Å². The standard InChI is InChI=1S/C23H36O4/c1-22-13-4-3-5-15(22)6-7-16-17-8-9-19(23(17,2)14-12-18(16)22)27-21(26)11-10-20(24)25/h15-19H,3-14H2,1-2H3,(H,24,25)/t15-,16+,17+,18-,19-,22-,23-/m0/s1. The van der Waals surface area contributed by atoms with E-state index in [1.807, 2.05) is 0 Å². The summed E-state index contributed by atoms with van der Waals surface area (Å²) in [6, 6.07) is 0. The molecule has 0 aromatic carbocycles. The van der Waals surface area contributed by atoms with Crippen LogP contribution in [0.5, 0.6) is 0 Å². The zero-order valence-electron chi connectivity index (χ0n) is 17.0. The average Bonchev–Trinajstić information content (AvgIpc) is 2.96. The molecule has 0 heterocycles. The Labute approximate surface area is 163 Å². The Morgan fingerprint density at radius 3 is 2.44 bits per heavy atom. The highest BCUT2D eigenvalue weighted by molar-refractivity contribution is 5.76. The normalized spacial score (nSPS) is 46.1. The van der Waals surface area contributed by atoms with E-state index >= 15 is 0 Å². The number of ether oxygens (including phenoxy) is 1. The van der Waals surface area contributed by atoms with Crippen molar-refractivity contribution in [2.75, 3.05) is 0 Å². The molecular formula is C23H36O4. The second-order valence-electron chi connectivity index (χ2n) is 10.4. The summed E-state index contributed by atoms with van der Waals surface area (Å²) in [5.41, 5.74) is 0.636. The number of carbonyl (C=O) groups excluding carboxylic acids is 1. The fraction of sp³-hybridized carbons (Fsp3) is 0.913. The number of rotatable bonds is 4. The van der Waals surface area contributed by atoms with Crippen molar-refractivity contribution in [1.29, 1.82) is 0 Å². The molecule has 4 nitrogen and oxygen atoms in total. The minimum atomic E-state index is -0.930. The van der Waals surface area contributed by atoms with E-state index in [-0.39, 0.29) is 30.3 Å². The number of esters is 1. The molecule has 0 aromatic rings. The predicted octanol–water partition coefficient (Wildman–Crippen LogP) is 5.20. The van der Waals surface area contributed by atoms with Crippen molar-refractivity contribution in [2.45, 2.75) is 97.0 Å². The Hall–Kier alpha value is -1.06. The lowest BCUT2D eigenvalue weighted by Crippen LogP contribution is -2.53. The van der Waals surface area contributed by atoms with E-state index in [1.165, 1.54) is 51.4 Å². The SMILES string of the molecule is C[C@]12CCCC[C@H]1CC[C@@H]1[C@H]3CC[C@H](OC(=O)CCC(=O)O)[C@@]3(C)CC[C@@H]12. The summed E-state index contributed by atoms with van der Waals surface area (Å²) in [5.74, 6) is 2.01. The van der Waals surface area contributed by atoms with Crippen LogP contribution in [-0.4, -0.2) is 23.1 Å². The summed E-state index contributed by atoms with van der Waals surface area (Å²) in [6.45, 7) is 4.94. The van der Waals surface area contributed by atoms with E-state index in [9.17, 15) is 9.59 Å². The Kier molecular flexibility index (Phi) is 5.05. The maximum atomic E-state index is 12.2. The molecule has 4 aliphatic rings. The Morgan fingerprint density at radius 1 is 0.889 bits per heavy atom. The maximum Gasteiger partial charge on any atom is 0.306 e. The summed E-state index contributed by atoms with van der Waals surface area (Å²) in [7, 11) is 0. The first-order chi connectivity index (χ1) is 12.8. The first kappa shape index (κ1) is 19.3. The number of fused-ring (bicyclic) bond motifs is 5. The van der Waals surface area contributed by atoms with Crippen LogP contribution >= 0.6 is 0 Å². The van der Waals surface area contributed by atoms with Gasteiger partial charge in [0.25, 0.3) is 0 Å². The molecule has 0 saturated heterocycles. The third-order valence-electron chi connectivity index (χ3n) is 9.31. The molecule has 0 spiro atoms. The monoisotopic (exact) mass is 376 g/mol. The van der Waals surface area contributed by atoms with Gasteiger partial charge in [0.05, 0.1) is 12.8 Å². The molecule has 0 amide bonds. The van der Waals surface area contributed by atoms with Gasteiger partial charge in [-0.15, -0.1) is 0 Å². The Bertz CT molecular complexity index is 601. The van der Waals surface area contributed by atoms with Crippen molar-refractivity contribution >= 4 is 11.9 Å². The highest BCUT2D eigenvalue weighted by Crippen LogP contribution is 2.66. The molecule has 4 saturated carbocycles. The molecule has 1 N–H and O–H groups in total. The van der Waals surface area contributed by atoms with Gasteiger partial charge < -0.3 is 9.84 Å². The lowest BCUT2D eigenvalue weighted by molar-refractivity contribution is -0.164. The summed E-state index contributed by atoms with van der Waals surface area (Å²) < 4.78 is 5.84. The molecule has 27 heavy (non-hydrogen) atoms. The molecule has 4 rings (SSSR count). The Balaban J connectivity index is 1.46. The molecule has 4 fully saturated rings. The van der Waals surface area contributed by atoms with Gasteiger partial charge in [0.2, 0.25) is 0 Å². The van der Waals surface area contributed by atoms with Crippen molar-refractivity contribution in [3.63, 3.8) is 0 Å². The summed E-state index contributed by atoms with van der Waals surface area (Å²) in [4.78, 5) is 22.9. The van der Waals surface area contributed by atoms with E-state index < -0.39 is 5.97 Å². The fourth-order valence-corrected chi connectivity index (χ4v) is 7.87. The van der Waals surface area contributed by atoms with E-state index in [1.54, 1.807) is 0 Å². The number of carbonyl (C=O) groups is 2. The smallest absolute Gasteiger partial charge is 0.306 e. The van der Waals surface area contributed by atoms with Crippen LogP contribution in [0, 0.1) is 34.5 Å². The first-order valence-corrected chi connectivity index (χ1v) is 11.3. The number of aliphatic carboxylic acids is 1. The second kappa shape index (κ2) is 7.08. The molecule has 7 atom stereocenters. The molecule has 4 heteroatoms. The van der Waals surface area contributed by atoms with Crippen molar-refractivity contribution in [1.82, 2.24) is 0 Å². The molecule has 0 unspecified atom stereocenters. The number of carboxylic acid groups (broad SMARTS) is 1. The quantitative estimate of drug-likeness (QED) is 0.685. The van der Waals surface area contributed by atoms with Crippen molar-refractivity contribution in [2.24, 2.45) is 34.5 Å². The van der Waals surface area contributed by atoms with Crippen LogP contribution in [0.25, 0.3) is 0 Å².